The van der Waals surface area contributed by atoms with Crippen LogP contribution in [0.15, 0.2) is 42.5 Å². The van der Waals surface area contributed by atoms with Crippen LogP contribution in [0.25, 0.3) is 0 Å². The molecule has 0 saturated carbocycles. The Balaban J connectivity index is 1.56. The second-order valence-corrected chi connectivity index (χ2v) is 6.66. The summed E-state index contributed by atoms with van der Waals surface area (Å²) in [6, 6.07) is 13.4. The van der Waals surface area contributed by atoms with Crippen LogP contribution in [0.5, 0.6) is 11.5 Å². The monoisotopic (exact) mass is 369 g/mol. The van der Waals surface area contributed by atoms with Gasteiger partial charge < -0.3 is 19.5 Å². The van der Waals surface area contributed by atoms with Crippen LogP contribution >= 0.6 is 0 Å². The molecule has 2 aromatic rings. The van der Waals surface area contributed by atoms with Gasteiger partial charge in [0.2, 0.25) is 0 Å². The molecule has 144 valence electrons. The number of hydrogen-bond acceptors (Lipinski definition) is 4. The number of nitrogens with one attached hydrogen (secondary N) is 1. The number of benzene rings is 2. The Hall–Kier alpha value is -2.53. The van der Waals surface area contributed by atoms with E-state index in [-0.39, 0.29) is 12.0 Å². The zero-order valence-corrected chi connectivity index (χ0v) is 16.0. The van der Waals surface area contributed by atoms with Crippen LogP contribution < -0.4 is 14.8 Å². The van der Waals surface area contributed by atoms with Gasteiger partial charge in [-0.25, -0.2) is 0 Å². The van der Waals surface area contributed by atoms with Crippen LogP contribution in [0, 0.1) is 0 Å². The van der Waals surface area contributed by atoms with E-state index in [4.69, 9.17) is 14.2 Å². The highest BCUT2D eigenvalue weighted by Gasteiger charge is 2.17. The SMILES string of the molecule is CCc1ccc(C(=O)NCc2ccc(OC[C@@H]3CCCO3)c(OC)c2)cc1. The highest BCUT2D eigenvalue weighted by atomic mass is 16.5. The molecule has 0 unspecified atom stereocenters. The van der Waals surface area contributed by atoms with E-state index in [1.165, 1.54) is 5.56 Å². The molecule has 2 aromatic carbocycles. The van der Waals surface area contributed by atoms with Crippen molar-refractivity contribution in [3.05, 3.63) is 59.2 Å². The average Bonchev–Trinajstić information content (AvgIpc) is 3.24. The van der Waals surface area contributed by atoms with Gasteiger partial charge in [-0.15, -0.1) is 0 Å². The molecule has 0 aromatic heterocycles. The molecule has 5 heteroatoms. The zero-order chi connectivity index (χ0) is 19.1. The molecule has 1 saturated heterocycles. The Bertz CT molecular complexity index is 751. The maximum atomic E-state index is 12.3. The normalized spacial score (nSPS) is 16.1. The predicted molar refractivity (Wildman–Crippen MR) is 104 cm³/mol. The number of aryl methyl sites for hydroxylation is 1. The van der Waals surface area contributed by atoms with Crippen molar-refractivity contribution in [1.29, 1.82) is 0 Å². The van der Waals surface area contributed by atoms with Crippen molar-refractivity contribution >= 4 is 5.91 Å². The summed E-state index contributed by atoms with van der Waals surface area (Å²) in [4.78, 5) is 12.3. The highest BCUT2D eigenvalue weighted by molar-refractivity contribution is 5.94. The molecule has 27 heavy (non-hydrogen) atoms. The standard InChI is InChI=1S/C22H27NO4/c1-3-16-6-9-18(10-7-16)22(24)23-14-17-8-11-20(21(13-17)25-2)27-15-19-5-4-12-26-19/h6-11,13,19H,3-5,12,14-15H2,1-2H3,(H,23,24)/t19-/m0/s1. The van der Waals surface area contributed by atoms with Gasteiger partial charge in [-0.3, -0.25) is 4.79 Å². The maximum Gasteiger partial charge on any atom is 0.251 e. The number of methoxy groups -OCH3 is 1. The summed E-state index contributed by atoms with van der Waals surface area (Å²) in [5.41, 5.74) is 2.83. The van der Waals surface area contributed by atoms with Crippen molar-refractivity contribution in [3.63, 3.8) is 0 Å². The quantitative estimate of drug-likeness (QED) is 0.770. The first-order chi connectivity index (χ1) is 13.2. The Morgan fingerprint density at radius 1 is 1.15 bits per heavy atom. The van der Waals surface area contributed by atoms with Gasteiger partial charge in [-0.1, -0.05) is 25.1 Å². The summed E-state index contributed by atoms with van der Waals surface area (Å²) in [5.74, 6) is 1.26. The van der Waals surface area contributed by atoms with Gasteiger partial charge >= 0.3 is 0 Å². The third-order valence-electron chi connectivity index (χ3n) is 4.75. The first-order valence-electron chi connectivity index (χ1n) is 9.48. The van der Waals surface area contributed by atoms with Gasteiger partial charge in [-0.05, 0) is 54.7 Å². The number of carbonyl (C=O) groups excluding carboxylic acids is 1. The smallest absolute Gasteiger partial charge is 0.251 e. The van der Waals surface area contributed by atoms with Crippen LogP contribution in [0.1, 0.15) is 41.3 Å². The van der Waals surface area contributed by atoms with Crippen molar-refractivity contribution in [2.24, 2.45) is 0 Å². The van der Waals surface area contributed by atoms with Gasteiger partial charge in [0.05, 0.1) is 13.2 Å². The number of rotatable bonds is 8. The lowest BCUT2D eigenvalue weighted by Crippen LogP contribution is -2.22. The largest absolute Gasteiger partial charge is 0.493 e. The third kappa shape index (κ3) is 5.23. The number of amides is 1. The Labute approximate surface area is 160 Å². The lowest BCUT2D eigenvalue weighted by atomic mass is 10.1. The number of hydrogen-bond donors (Lipinski definition) is 1. The first-order valence-corrected chi connectivity index (χ1v) is 9.48. The topological polar surface area (TPSA) is 56.8 Å². The molecule has 0 aliphatic carbocycles. The van der Waals surface area contributed by atoms with Crippen molar-refractivity contribution < 1.29 is 19.0 Å². The summed E-state index contributed by atoms with van der Waals surface area (Å²) < 4.78 is 16.9. The summed E-state index contributed by atoms with van der Waals surface area (Å²) in [6.45, 7) is 3.86. The highest BCUT2D eigenvalue weighted by Crippen LogP contribution is 2.29. The molecule has 1 fully saturated rings. The van der Waals surface area contributed by atoms with Crippen molar-refractivity contribution in [2.75, 3.05) is 20.3 Å². The molecule has 1 amide bonds. The first kappa shape index (κ1) is 19.2. The lowest BCUT2D eigenvalue weighted by Gasteiger charge is -2.15. The Morgan fingerprint density at radius 2 is 1.93 bits per heavy atom. The van der Waals surface area contributed by atoms with Crippen molar-refractivity contribution in [1.82, 2.24) is 5.32 Å². The molecule has 5 nitrogen and oxygen atoms in total. The molecule has 0 spiro atoms. The van der Waals surface area contributed by atoms with Crippen molar-refractivity contribution in [3.8, 4) is 11.5 Å². The minimum absolute atomic E-state index is 0.0877. The summed E-state index contributed by atoms with van der Waals surface area (Å²) in [5, 5.41) is 2.94. The average molecular weight is 369 g/mol. The fourth-order valence-corrected chi connectivity index (χ4v) is 3.08. The van der Waals surface area contributed by atoms with E-state index in [0.29, 0.717) is 30.2 Å². The molecule has 3 rings (SSSR count). The second-order valence-electron chi connectivity index (χ2n) is 6.66. The van der Waals surface area contributed by atoms with Gasteiger partial charge in [0.15, 0.2) is 11.5 Å². The van der Waals surface area contributed by atoms with Gasteiger partial charge in [-0.2, -0.15) is 0 Å². The molecule has 0 radical (unpaired) electrons. The van der Waals surface area contributed by atoms with Crippen LogP contribution in [0.4, 0.5) is 0 Å². The minimum Gasteiger partial charge on any atom is -0.493 e. The number of ether oxygens (including phenoxy) is 3. The van der Waals surface area contributed by atoms with E-state index in [0.717, 1.165) is 31.4 Å². The van der Waals surface area contributed by atoms with Gasteiger partial charge in [0.25, 0.3) is 5.91 Å². The molecule has 1 heterocycles. The Morgan fingerprint density at radius 3 is 2.59 bits per heavy atom. The number of carbonyl (C=O) groups is 1. The minimum atomic E-state index is -0.0877. The molecule has 1 atom stereocenters. The molecule has 1 aliphatic heterocycles. The third-order valence-corrected chi connectivity index (χ3v) is 4.75. The van der Waals surface area contributed by atoms with E-state index in [2.05, 4.69) is 12.2 Å². The lowest BCUT2D eigenvalue weighted by molar-refractivity contribution is 0.0669. The molecular formula is C22H27NO4. The van der Waals surface area contributed by atoms with E-state index in [9.17, 15) is 4.79 Å². The zero-order valence-electron chi connectivity index (χ0n) is 16.0. The Kier molecular flexibility index (Phi) is 6.71. The summed E-state index contributed by atoms with van der Waals surface area (Å²) >= 11 is 0. The fraction of sp³-hybridized carbons (Fsp3) is 0.409. The maximum absolute atomic E-state index is 12.3. The summed E-state index contributed by atoms with van der Waals surface area (Å²) in [7, 11) is 1.62. The van der Waals surface area contributed by atoms with Crippen LogP contribution in [0.2, 0.25) is 0 Å². The molecule has 0 bridgehead atoms. The van der Waals surface area contributed by atoms with Crippen LogP contribution in [0.3, 0.4) is 0 Å². The van der Waals surface area contributed by atoms with Gasteiger partial charge in [0, 0.05) is 18.7 Å². The van der Waals surface area contributed by atoms with E-state index < -0.39 is 0 Å². The molecule has 1 N–H and O–H groups in total. The predicted octanol–water partition coefficient (Wildman–Crippen LogP) is 3.75. The fourth-order valence-electron chi connectivity index (χ4n) is 3.08. The second kappa shape index (κ2) is 9.42. The van der Waals surface area contributed by atoms with Crippen LogP contribution in [-0.2, 0) is 17.7 Å². The van der Waals surface area contributed by atoms with Gasteiger partial charge in [0.1, 0.15) is 6.61 Å². The summed E-state index contributed by atoms with van der Waals surface area (Å²) in [6.07, 6.45) is 3.24. The molecule has 1 aliphatic rings. The van der Waals surface area contributed by atoms with Crippen molar-refractivity contribution in [2.45, 2.75) is 38.8 Å². The van der Waals surface area contributed by atoms with E-state index >= 15 is 0 Å². The molecular weight excluding hydrogens is 342 g/mol. The van der Waals surface area contributed by atoms with E-state index in [1.54, 1.807) is 7.11 Å². The van der Waals surface area contributed by atoms with Crippen LogP contribution in [-0.4, -0.2) is 32.3 Å². The van der Waals surface area contributed by atoms with E-state index in [1.807, 2.05) is 42.5 Å².